The first-order valence-electron chi connectivity index (χ1n) is 6.07. The summed E-state index contributed by atoms with van der Waals surface area (Å²) in [7, 11) is 1.27. The second-order valence-corrected chi connectivity index (χ2v) is 4.37. The SMILES string of the molecule is COC(=O)C1CC(=O)N(c2c(C#N)cnn2CCO)C1. The number of esters is 1. The van der Waals surface area contributed by atoms with Crippen LogP contribution in [-0.2, 0) is 20.9 Å². The van der Waals surface area contributed by atoms with Crippen LogP contribution >= 0.6 is 0 Å². The van der Waals surface area contributed by atoms with Crippen molar-refractivity contribution >= 4 is 17.7 Å². The first kappa shape index (κ1) is 14.0. The number of ether oxygens (including phenoxy) is 1. The Hall–Kier alpha value is -2.40. The summed E-state index contributed by atoms with van der Waals surface area (Å²) < 4.78 is 6.02. The Bertz CT molecular complexity index is 575. The summed E-state index contributed by atoms with van der Waals surface area (Å²) in [6.07, 6.45) is 1.38. The monoisotopic (exact) mass is 278 g/mol. The Labute approximate surface area is 115 Å². The van der Waals surface area contributed by atoms with Crippen LogP contribution in [0.3, 0.4) is 0 Å². The van der Waals surface area contributed by atoms with Gasteiger partial charge in [-0.15, -0.1) is 0 Å². The molecule has 0 radical (unpaired) electrons. The first-order valence-corrected chi connectivity index (χ1v) is 6.07. The molecule has 2 heterocycles. The second kappa shape index (κ2) is 5.71. The molecule has 0 aliphatic carbocycles. The third-order valence-electron chi connectivity index (χ3n) is 3.16. The lowest BCUT2D eigenvalue weighted by atomic mass is 10.1. The highest BCUT2D eigenvalue weighted by Gasteiger charge is 2.38. The molecule has 0 saturated carbocycles. The third-order valence-corrected chi connectivity index (χ3v) is 3.16. The summed E-state index contributed by atoms with van der Waals surface area (Å²) in [5.74, 6) is -0.946. The van der Waals surface area contributed by atoms with E-state index in [0.29, 0.717) is 5.82 Å². The summed E-state index contributed by atoms with van der Waals surface area (Å²) in [4.78, 5) is 24.9. The largest absolute Gasteiger partial charge is 0.469 e. The molecule has 1 aromatic heterocycles. The van der Waals surface area contributed by atoms with Gasteiger partial charge in [0.25, 0.3) is 0 Å². The molecule has 1 N–H and O–H groups in total. The van der Waals surface area contributed by atoms with E-state index in [4.69, 9.17) is 10.4 Å². The third kappa shape index (κ3) is 2.35. The van der Waals surface area contributed by atoms with E-state index in [1.807, 2.05) is 6.07 Å². The van der Waals surface area contributed by atoms with Gasteiger partial charge < -0.3 is 9.84 Å². The molecule has 1 aliphatic rings. The van der Waals surface area contributed by atoms with Gasteiger partial charge >= 0.3 is 5.97 Å². The van der Waals surface area contributed by atoms with Gasteiger partial charge in [-0.05, 0) is 0 Å². The lowest BCUT2D eigenvalue weighted by Gasteiger charge is -2.18. The molecule has 1 unspecified atom stereocenters. The van der Waals surface area contributed by atoms with Gasteiger partial charge in [0.1, 0.15) is 11.6 Å². The maximum absolute atomic E-state index is 12.0. The van der Waals surface area contributed by atoms with Crippen LogP contribution in [0, 0.1) is 17.2 Å². The number of anilines is 1. The molecule has 0 spiro atoms. The van der Waals surface area contributed by atoms with Crippen LogP contribution in [0.5, 0.6) is 0 Å². The van der Waals surface area contributed by atoms with Crippen molar-refractivity contribution in [1.29, 1.82) is 5.26 Å². The number of carbonyl (C=O) groups excluding carboxylic acids is 2. The van der Waals surface area contributed by atoms with Crippen molar-refractivity contribution in [2.45, 2.75) is 13.0 Å². The number of hydrogen-bond acceptors (Lipinski definition) is 6. The number of nitriles is 1. The van der Waals surface area contributed by atoms with Gasteiger partial charge in [-0.2, -0.15) is 10.4 Å². The number of nitrogens with zero attached hydrogens (tertiary/aromatic N) is 4. The fraction of sp³-hybridized carbons (Fsp3) is 0.500. The predicted octanol–water partition coefficient (Wildman–Crippen LogP) is -0.727. The number of amides is 1. The summed E-state index contributed by atoms with van der Waals surface area (Å²) in [5.41, 5.74) is 0.234. The van der Waals surface area contributed by atoms with Crippen LogP contribution in [0.4, 0.5) is 5.82 Å². The van der Waals surface area contributed by atoms with Crippen LogP contribution in [0.2, 0.25) is 0 Å². The van der Waals surface area contributed by atoms with E-state index in [1.54, 1.807) is 0 Å². The maximum Gasteiger partial charge on any atom is 0.311 e. The summed E-state index contributed by atoms with van der Waals surface area (Å²) >= 11 is 0. The number of carbonyl (C=O) groups is 2. The van der Waals surface area contributed by atoms with Gasteiger partial charge in [-0.25, -0.2) is 4.68 Å². The van der Waals surface area contributed by atoms with Gasteiger partial charge in [0.2, 0.25) is 5.91 Å². The maximum atomic E-state index is 12.0. The Morgan fingerprint density at radius 3 is 3.05 bits per heavy atom. The highest BCUT2D eigenvalue weighted by atomic mass is 16.5. The Morgan fingerprint density at radius 2 is 2.45 bits per heavy atom. The Balaban J connectivity index is 2.32. The van der Waals surface area contributed by atoms with Gasteiger partial charge in [0.05, 0.1) is 32.4 Å². The van der Waals surface area contributed by atoms with Gasteiger partial charge in [0.15, 0.2) is 5.82 Å². The zero-order valence-electron chi connectivity index (χ0n) is 10.9. The zero-order chi connectivity index (χ0) is 14.7. The topological polar surface area (TPSA) is 108 Å². The molecular weight excluding hydrogens is 264 g/mol. The van der Waals surface area contributed by atoms with Crippen LogP contribution in [-0.4, -0.2) is 47.0 Å². The number of aliphatic hydroxyl groups excluding tert-OH is 1. The number of methoxy groups -OCH3 is 1. The molecule has 0 bridgehead atoms. The molecule has 2 rings (SSSR count). The standard InChI is InChI=1S/C12H14N4O4/c1-20-12(19)8-4-10(18)15(7-8)11-9(5-13)6-14-16(11)2-3-17/h6,8,17H,2-4,7H2,1H3. The minimum absolute atomic E-state index is 0.0435. The average molecular weight is 278 g/mol. The van der Waals surface area contributed by atoms with E-state index in [0.717, 1.165) is 0 Å². The number of hydrogen-bond donors (Lipinski definition) is 1. The molecule has 0 aromatic carbocycles. The molecule has 1 aromatic rings. The van der Waals surface area contributed by atoms with Crippen molar-refractivity contribution in [3.8, 4) is 6.07 Å². The van der Waals surface area contributed by atoms with Crippen LogP contribution in [0.1, 0.15) is 12.0 Å². The molecule has 1 fully saturated rings. The Kier molecular flexibility index (Phi) is 4.00. The molecule has 8 heteroatoms. The van der Waals surface area contributed by atoms with Gasteiger partial charge in [-0.3, -0.25) is 14.5 Å². The van der Waals surface area contributed by atoms with Crippen molar-refractivity contribution in [2.75, 3.05) is 25.2 Å². The average Bonchev–Trinajstić information content (AvgIpc) is 3.01. The quantitative estimate of drug-likeness (QED) is 0.727. The minimum Gasteiger partial charge on any atom is -0.469 e. The van der Waals surface area contributed by atoms with Crippen molar-refractivity contribution in [3.05, 3.63) is 11.8 Å². The smallest absolute Gasteiger partial charge is 0.311 e. The van der Waals surface area contributed by atoms with E-state index in [2.05, 4.69) is 9.84 Å². The van der Waals surface area contributed by atoms with Crippen molar-refractivity contribution in [3.63, 3.8) is 0 Å². The van der Waals surface area contributed by atoms with E-state index in [9.17, 15) is 9.59 Å². The highest BCUT2D eigenvalue weighted by Crippen LogP contribution is 2.28. The fourth-order valence-electron chi connectivity index (χ4n) is 2.24. The van der Waals surface area contributed by atoms with Crippen molar-refractivity contribution < 1.29 is 19.4 Å². The summed E-state index contributed by atoms with van der Waals surface area (Å²) in [5, 5.41) is 22.0. The van der Waals surface area contributed by atoms with E-state index < -0.39 is 11.9 Å². The lowest BCUT2D eigenvalue weighted by Crippen LogP contribution is -2.29. The second-order valence-electron chi connectivity index (χ2n) is 4.37. The highest BCUT2D eigenvalue weighted by molar-refractivity contribution is 5.99. The molecule has 8 nitrogen and oxygen atoms in total. The van der Waals surface area contributed by atoms with E-state index >= 15 is 0 Å². The van der Waals surface area contributed by atoms with Crippen LogP contribution in [0.15, 0.2) is 6.20 Å². The summed E-state index contributed by atoms with van der Waals surface area (Å²) in [6, 6.07) is 1.95. The summed E-state index contributed by atoms with van der Waals surface area (Å²) in [6.45, 7) is 0.156. The molecule has 1 aliphatic heterocycles. The molecular formula is C12H14N4O4. The number of aliphatic hydroxyl groups is 1. The van der Waals surface area contributed by atoms with Crippen LogP contribution in [0.25, 0.3) is 0 Å². The zero-order valence-corrected chi connectivity index (χ0v) is 10.9. The minimum atomic E-state index is -0.545. The van der Waals surface area contributed by atoms with E-state index in [1.165, 1.54) is 22.9 Å². The molecule has 106 valence electrons. The van der Waals surface area contributed by atoms with Crippen molar-refractivity contribution in [2.24, 2.45) is 5.92 Å². The first-order chi connectivity index (χ1) is 9.62. The molecule has 1 amide bonds. The molecule has 1 saturated heterocycles. The van der Waals surface area contributed by atoms with Crippen molar-refractivity contribution in [1.82, 2.24) is 9.78 Å². The molecule has 20 heavy (non-hydrogen) atoms. The predicted molar refractivity (Wildman–Crippen MR) is 66.5 cm³/mol. The van der Waals surface area contributed by atoms with Gasteiger partial charge in [0, 0.05) is 13.0 Å². The van der Waals surface area contributed by atoms with Crippen LogP contribution < -0.4 is 4.90 Å². The normalized spacial score (nSPS) is 18.1. The number of rotatable bonds is 4. The van der Waals surface area contributed by atoms with Gasteiger partial charge in [-0.1, -0.05) is 0 Å². The fourth-order valence-corrected chi connectivity index (χ4v) is 2.24. The van der Waals surface area contributed by atoms with E-state index in [-0.39, 0.29) is 37.6 Å². The number of aromatic nitrogens is 2. The Morgan fingerprint density at radius 1 is 1.70 bits per heavy atom. The molecule has 1 atom stereocenters. The lowest BCUT2D eigenvalue weighted by molar-refractivity contribution is -0.145.